The van der Waals surface area contributed by atoms with Gasteiger partial charge in [-0.05, 0) is 36.3 Å². The molecule has 0 bridgehead atoms. The molecule has 0 saturated heterocycles. The van der Waals surface area contributed by atoms with Gasteiger partial charge in [0.1, 0.15) is 0 Å². The third-order valence-electron chi connectivity index (χ3n) is 4.93. The van der Waals surface area contributed by atoms with Crippen molar-refractivity contribution in [1.29, 1.82) is 0 Å². The molecule has 1 fully saturated rings. The molecule has 2 rings (SSSR count). The van der Waals surface area contributed by atoms with Crippen LogP contribution in [0.3, 0.4) is 0 Å². The summed E-state index contributed by atoms with van der Waals surface area (Å²) in [6.07, 6.45) is 12.3. The van der Waals surface area contributed by atoms with Crippen LogP contribution in [0, 0.1) is 11.8 Å². The highest BCUT2D eigenvalue weighted by Crippen LogP contribution is 2.33. The quantitative estimate of drug-likeness (QED) is 0.471. The molecule has 0 N–H and O–H groups in total. The lowest BCUT2D eigenvalue weighted by Gasteiger charge is -2.28. The second-order valence-electron chi connectivity index (χ2n) is 6.48. The zero-order chi connectivity index (χ0) is 15.1. The Balaban J connectivity index is 1.76. The van der Waals surface area contributed by atoms with Gasteiger partial charge in [0.25, 0.3) is 0 Å². The second kappa shape index (κ2) is 8.17. The van der Waals surface area contributed by atoms with Crippen LogP contribution in [0.5, 0.6) is 0 Å². The molecule has 0 amide bonds. The van der Waals surface area contributed by atoms with E-state index in [2.05, 4.69) is 25.6 Å². The Hall–Kier alpha value is -1.37. The van der Waals surface area contributed by atoms with Gasteiger partial charge in [-0.3, -0.25) is 4.79 Å². The summed E-state index contributed by atoms with van der Waals surface area (Å²) >= 11 is 0. The number of carbonyl (C=O) groups excluding carboxylic acids is 1. The summed E-state index contributed by atoms with van der Waals surface area (Å²) in [5.41, 5.74) is 2.10. The van der Waals surface area contributed by atoms with Crippen molar-refractivity contribution in [1.82, 2.24) is 0 Å². The van der Waals surface area contributed by atoms with Gasteiger partial charge in [-0.1, -0.05) is 76.3 Å². The van der Waals surface area contributed by atoms with Crippen molar-refractivity contribution in [2.24, 2.45) is 11.8 Å². The Morgan fingerprint density at radius 2 is 1.67 bits per heavy atom. The zero-order valence-corrected chi connectivity index (χ0v) is 13.3. The van der Waals surface area contributed by atoms with Gasteiger partial charge in [-0.15, -0.1) is 0 Å². The fraction of sp³-hybridized carbons (Fsp3) is 0.550. The maximum absolute atomic E-state index is 11.5. The number of aryl methyl sites for hydroxylation is 1. The number of hydrogen-bond donors (Lipinski definition) is 0. The molecule has 0 aromatic heterocycles. The highest BCUT2D eigenvalue weighted by Gasteiger charge is 2.20. The molecule has 1 saturated carbocycles. The fourth-order valence-corrected chi connectivity index (χ4v) is 3.54. The van der Waals surface area contributed by atoms with Gasteiger partial charge in [0.2, 0.25) is 0 Å². The number of hydrogen-bond acceptors (Lipinski definition) is 1. The van der Waals surface area contributed by atoms with Gasteiger partial charge < -0.3 is 0 Å². The van der Waals surface area contributed by atoms with E-state index in [0.29, 0.717) is 0 Å². The normalized spacial score (nSPS) is 22.0. The first kappa shape index (κ1) is 16.0. The summed E-state index contributed by atoms with van der Waals surface area (Å²) in [7, 11) is 0. The van der Waals surface area contributed by atoms with E-state index >= 15 is 0 Å². The summed E-state index contributed by atoms with van der Waals surface area (Å²) < 4.78 is 0. The lowest BCUT2D eigenvalue weighted by molar-refractivity contribution is 0.104. The fourth-order valence-electron chi connectivity index (χ4n) is 3.54. The van der Waals surface area contributed by atoms with Gasteiger partial charge >= 0.3 is 0 Å². The number of allylic oxidation sites excluding steroid dienone is 1. The Bertz CT molecular complexity index is 449. The first-order valence-corrected chi connectivity index (χ1v) is 8.48. The van der Waals surface area contributed by atoms with Crippen molar-refractivity contribution in [2.75, 3.05) is 0 Å². The topological polar surface area (TPSA) is 17.1 Å². The van der Waals surface area contributed by atoms with E-state index in [4.69, 9.17) is 0 Å². The first-order chi connectivity index (χ1) is 10.2. The van der Waals surface area contributed by atoms with Gasteiger partial charge in [-0.25, -0.2) is 0 Å². The van der Waals surface area contributed by atoms with E-state index in [1.54, 1.807) is 0 Å². The number of ketones is 1. The summed E-state index contributed by atoms with van der Waals surface area (Å²) in [5.74, 6) is 1.92. The molecule has 0 heterocycles. The molecule has 1 nitrogen and oxygen atoms in total. The summed E-state index contributed by atoms with van der Waals surface area (Å²) in [6, 6.07) is 8.05. The van der Waals surface area contributed by atoms with E-state index in [1.807, 2.05) is 12.1 Å². The Morgan fingerprint density at radius 1 is 1.10 bits per heavy atom. The van der Waals surface area contributed by atoms with Crippen molar-refractivity contribution in [3.05, 3.63) is 48.0 Å². The van der Waals surface area contributed by atoms with Crippen molar-refractivity contribution in [3.8, 4) is 0 Å². The molecule has 1 aliphatic rings. The van der Waals surface area contributed by atoms with Crippen LogP contribution in [0.2, 0.25) is 0 Å². The Morgan fingerprint density at radius 3 is 2.19 bits per heavy atom. The van der Waals surface area contributed by atoms with Crippen molar-refractivity contribution < 1.29 is 4.79 Å². The van der Waals surface area contributed by atoms with Crippen LogP contribution >= 0.6 is 0 Å². The van der Waals surface area contributed by atoms with Crippen LogP contribution in [0.4, 0.5) is 0 Å². The third kappa shape index (κ3) is 4.84. The van der Waals surface area contributed by atoms with E-state index in [9.17, 15) is 4.79 Å². The molecule has 114 valence electrons. The molecule has 1 aromatic rings. The SMILES string of the molecule is C=CC(=O)c1ccc(CCC2CCC(CCC)CC2)cc1. The van der Waals surface area contributed by atoms with E-state index < -0.39 is 0 Å². The summed E-state index contributed by atoms with van der Waals surface area (Å²) in [4.78, 5) is 11.5. The monoisotopic (exact) mass is 284 g/mol. The van der Waals surface area contributed by atoms with Crippen LogP contribution in [-0.2, 0) is 6.42 Å². The number of benzene rings is 1. The second-order valence-corrected chi connectivity index (χ2v) is 6.48. The molecular weight excluding hydrogens is 256 g/mol. The lowest BCUT2D eigenvalue weighted by atomic mass is 9.78. The molecule has 21 heavy (non-hydrogen) atoms. The van der Waals surface area contributed by atoms with E-state index in [1.165, 1.54) is 56.6 Å². The largest absolute Gasteiger partial charge is 0.289 e. The van der Waals surface area contributed by atoms with Crippen LogP contribution in [-0.4, -0.2) is 5.78 Å². The lowest BCUT2D eigenvalue weighted by Crippen LogP contribution is -2.15. The Labute approximate surface area is 129 Å². The molecule has 0 radical (unpaired) electrons. The standard InChI is InChI=1S/C20H28O/c1-3-5-16-6-8-17(9-7-16)10-11-18-12-14-19(15-13-18)20(21)4-2/h4,12-17H,2-3,5-11H2,1H3. The minimum absolute atomic E-state index is 0.01000. The van der Waals surface area contributed by atoms with Crippen LogP contribution in [0.25, 0.3) is 0 Å². The molecule has 0 atom stereocenters. The molecule has 1 aromatic carbocycles. The van der Waals surface area contributed by atoms with Gasteiger partial charge in [-0.2, -0.15) is 0 Å². The number of rotatable bonds is 7. The van der Waals surface area contributed by atoms with Crippen molar-refractivity contribution >= 4 is 5.78 Å². The summed E-state index contributed by atoms with van der Waals surface area (Å²) in [5, 5.41) is 0. The Kier molecular flexibility index (Phi) is 6.22. The third-order valence-corrected chi connectivity index (χ3v) is 4.93. The van der Waals surface area contributed by atoms with Crippen LogP contribution < -0.4 is 0 Å². The summed E-state index contributed by atoms with van der Waals surface area (Å²) in [6.45, 7) is 5.83. The molecule has 0 spiro atoms. The van der Waals surface area contributed by atoms with Crippen molar-refractivity contribution in [3.63, 3.8) is 0 Å². The van der Waals surface area contributed by atoms with Crippen LogP contribution in [0.15, 0.2) is 36.9 Å². The van der Waals surface area contributed by atoms with Crippen molar-refractivity contribution in [2.45, 2.75) is 58.3 Å². The maximum atomic E-state index is 11.5. The molecular formula is C20H28O. The molecule has 1 aliphatic carbocycles. The average molecular weight is 284 g/mol. The van der Waals surface area contributed by atoms with Gasteiger partial charge in [0.15, 0.2) is 5.78 Å². The maximum Gasteiger partial charge on any atom is 0.185 e. The molecule has 0 unspecified atom stereocenters. The van der Waals surface area contributed by atoms with E-state index in [0.717, 1.165) is 23.8 Å². The predicted molar refractivity (Wildman–Crippen MR) is 89.6 cm³/mol. The highest BCUT2D eigenvalue weighted by atomic mass is 16.1. The molecule has 1 heteroatoms. The first-order valence-electron chi connectivity index (χ1n) is 8.48. The highest BCUT2D eigenvalue weighted by molar-refractivity contribution is 6.04. The minimum Gasteiger partial charge on any atom is -0.289 e. The molecule has 0 aliphatic heterocycles. The van der Waals surface area contributed by atoms with Gasteiger partial charge in [0.05, 0.1) is 0 Å². The average Bonchev–Trinajstić information content (AvgIpc) is 2.54. The van der Waals surface area contributed by atoms with E-state index in [-0.39, 0.29) is 5.78 Å². The van der Waals surface area contributed by atoms with Crippen LogP contribution in [0.1, 0.15) is 67.8 Å². The van der Waals surface area contributed by atoms with Gasteiger partial charge in [0, 0.05) is 5.56 Å². The predicted octanol–water partition coefficient (Wildman–Crippen LogP) is 5.59. The smallest absolute Gasteiger partial charge is 0.185 e. The zero-order valence-electron chi connectivity index (χ0n) is 13.3. The minimum atomic E-state index is 0.01000. The number of carbonyl (C=O) groups is 1.